The van der Waals surface area contributed by atoms with Crippen LogP contribution in [0.15, 0.2) is 47.5 Å². The average molecular weight is 522 g/mol. The van der Waals surface area contributed by atoms with E-state index in [9.17, 15) is 5.11 Å². The summed E-state index contributed by atoms with van der Waals surface area (Å²) in [6.45, 7) is 8.03. The van der Waals surface area contributed by atoms with Gasteiger partial charge in [0, 0.05) is 45.7 Å². The highest BCUT2D eigenvalue weighted by Gasteiger charge is 2.21. The number of piperazine rings is 1. The average Bonchev–Trinajstić information content (AvgIpc) is 3.22. The van der Waals surface area contributed by atoms with E-state index in [0.717, 1.165) is 76.1 Å². The van der Waals surface area contributed by atoms with Crippen molar-refractivity contribution >= 4 is 35.6 Å². The molecule has 0 atom stereocenters. The number of nitrogens with one attached hydrogen (secondary N) is 1. The molecule has 2 aromatic carbocycles. The second-order valence-corrected chi connectivity index (χ2v) is 7.49. The molecule has 0 radical (unpaired) electrons. The van der Waals surface area contributed by atoms with Gasteiger partial charge in [-0.3, -0.25) is 4.99 Å². The second kappa shape index (κ2) is 10.7. The number of benzene rings is 2. The summed E-state index contributed by atoms with van der Waals surface area (Å²) in [4.78, 5) is 9.43. The minimum atomic E-state index is 0. The van der Waals surface area contributed by atoms with Gasteiger partial charge in [0.1, 0.15) is 11.5 Å². The molecule has 0 saturated carbocycles. The Kier molecular flexibility index (Phi) is 8.07. The van der Waals surface area contributed by atoms with Crippen molar-refractivity contribution in [3.8, 4) is 11.5 Å². The highest BCUT2D eigenvalue weighted by atomic mass is 127. The lowest BCUT2D eigenvalue weighted by molar-refractivity contribution is 0.357. The van der Waals surface area contributed by atoms with Gasteiger partial charge in [0.05, 0.1) is 12.3 Å². The number of anilines is 1. The summed E-state index contributed by atoms with van der Waals surface area (Å²) in [5.74, 6) is 2.36. The van der Waals surface area contributed by atoms with Crippen LogP contribution >= 0.6 is 24.0 Å². The molecule has 0 aliphatic carbocycles. The molecule has 0 unspecified atom stereocenters. The topological polar surface area (TPSA) is 60.3 Å². The Labute approximate surface area is 196 Å². The maximum atomic E-state index is 10.1. The van der Waals surface area contributed by atoms with Gasteiger partial charge in [-0.25, -0.2) is 0 Å². The van der Waals surface area contributed by atoms with Crippen LogP contribution in [0.4, 0.5) is 5.69 Å². The fourth-order valence-corrected chi connectivity index (χ4v) is 4.00. The summed E-state index contributed by atoms with van der Waals surface area (Å²) >= 11 is 0. The third-order valence-corrected chi connectivity index (χ3v) is 5.55. The maximum Gasteiger partial charge on any atom is 0.194 e. The van der Waals surface area contributed by atoms with E-state index in [-0.39, 0.29) is 24.0 Å². The summed E-state index contributed by atoms with van der Waals surface area (Å²) in [7, 11) is 0. The molecule has 6 nitrogen and oxygen atoms in total. The molecule has 1 saturated heterocycles. The molecule has 7 heteroatoms. The van der Waals surface area contributed by atoms with Gasteiger partial charge in [-0.1, -0.05) is 24.3 Å². The first-order chi connectivity index (χ1) is 14.2. The van der Waals surface area contributed by atoms with Gasteiger partial charge in [0.15, 0.2) is 5.96 Å². The molecule has 0 bridgehead atoms. The van der Waals surface area contributed by atoms with E-state index in [0.29, 0.717) is 5.75 Å². The van der Waals surface area contributed by atoms with Crippen molar-refractivity contribution < 1.29 is 9.84 Å². The lowest BCUT2D eigenvalue weighted by Crippen LogP contribution is -2.52. The van der Waals surface area contributed by atoms with Gasteiger partial charge in [-0.05, 0) is 42.7 Å². The van der Waals surface area contributed by atoms with Crippen molar-refractivity contribution in [2.75, 3.05) is 50.8 Å². The van der Waals surface area contributed by atoms with Crippen LogP contribution in [-0.2, 0) is 12.8 Å². The van der Waals surface area contributed by atoms with E-state index in [1.807, 2.05) is 18.2 Å². The Hall–Kier alpha value is -2.16. The molecule has 30 heavy (non-hydrogen) atoms. The normalized spacial score (nSPS) is 16.0. The molecule has 1 fully saturated rings. The summed E-state index contributed by atoms with van der Waals surface area (Å²) in [6, 6.07) is 14.1. The Morgan fingerprint density at radius 2 is 1.93 bits per heavy atom. The number of ether oxygens (including phenoxy) is 1. The van der Waals surface area contributed by atoms with Crippen molar-refractivity contribution in [3.63, 3.8) is 0 Å². The number of nitrogens with zero attached hydrogens (tertiary/aromatic N) is 3. The quantitative estimate of drug-likeness (QED) is 0.359. The van der Waals surface area contributed by atoms with Crippen LogP contribution in [0.25, 0.3) is 0 Å². The molecular formula is C23H31IN4O2. The Bertz CT molecular complexity index is 866. The first-order valence-corrected chi connectivity index (χ1v) is 10.6. The number of rotatable bonds is 5. The molecule has 4 rings (SSSR count). The number of aliphatic imine (C=N–C) groups is 1. The van der Waals surface area contributed by atoms with Crippen molar-refractivity contribution in [2.45, 2.75) is 19.8 Å². The van der Waals surface area contributed by atoms with Crippen molar-refractivity contribution in [1.82, 2.24) is 10.2 Å². The van der Waals surface area contributed by atoms with Crippen molar-refractivity contribution in [1.29, 1.82) is 0 Å². The lowest BCUT2D eigenvalue weighted by Gasteiger charge is -2.37. The standard InChI is InChI=1S/C23H30N4O2.HI/c1-2-24-23(25-11-9-18-7-8-22-19(17-18)10-16-29-22)27-14-12-26(13-15-27)20-5-3-4-6-21(20)28;/h3-8,17,28H,2,9-16H2,1H3,(H,24,25);1H. The predicted octanol–water partition coefficient (Wildman–Crippen LogP) is 3.28. The fourth-order valence-electron chi connectivity index (χ4n) is 4.00. The Morgan fingerprint density at radius 3 is 2.70 bits per heavy atom. The molecule has 2 N–H and O–H groups in total. The molecule has 2 aliphatic rings. The van der Waals surface area contributed by atoms with Gasteiger partial charge >= 0.3 is 0 Å². The van der Waals surface area contributed by atoms with E-state index in [1.54, 1.807) is 6.07 Å². The van der Waals surface area contributed by atoms with E-state index >= 15 is 0 Å². The van der Waals surface area contributed by atoms with E-state index in [4.69, 9.17) is 9.73 Å². The van der Waals surface area contributed by atoms with Gasteiger partial charge in [0.2, 0.25) is 0 Å². The zero-order valence-electron chi connectivity index (χ0n) is 17.5. The number of phenolic OH excluding ortho intramolecular Hbond substituents is 1. The lowest BCUT2D eigenvalue weighted by atomic mass is 10.1. The molecule has 2 aliphatic heterocycles. The fraction of sp³-hybridized carbons (Fsp3) is 0.435. The molecule has 0 spiro atoms. The first-order valence-electron chi connectivity index (χ1n) is 10.6. The number of phenols is 1. The molecule has 0 amide bonds. The number of aromatic hydroxyl groups is 1. The Balaban J connectivity index is 0.00000256. The second-order valence-electron chi connectivity index (χ2n) is 7.49. The number of hydrogen-bond acceptors (Lipinski definition) is 4. The highest BCUT2D eigenvalue weighted by Crippen LogP contribution is 2.27. The predicted molar refractivity (Wildman–Crippen MR) is 133 cm³/mol. The minimum Gasteiger partial charge on any atom is -0.506 e. The van der Waals surface area contributed by atoms with Crippen LogP contribution in [0.1, 0.15) is 18.1 Å². The van der Waals surface area contributed by atoms with Crippen molar-refractivity contribution in [3.05, 3.63) is 53.6 Å². The smallest absolute Gasteiger partial charge is 0.194 e. The minimum absolute atomic E-state index is 0. The summed E-state index contributed by atoms with van der Waals surface area (Å²) in [6.07, 6.45) is 1.94. The molecular weight excluding hydrogens is 491 g/mol. The van der Waals surface area contributed by atoms with Crippen LogP contribution in [0, 0.1) is 0 Å². The monoisotopic (exact) mass is 522 g/mol. The van der Waals surface area contributed by atoms with Crippen LogP contribution in [0.2, 0.25) is 0 Å². The third-order valence-electron chi connectivity index (χ3n) is 5.55. The van der Waals surface area contributed by atoms with Gasteiger partial charge in [-0.2, -0.15) is 0 Å². The summed E-state index contributed by atoms with van der Waals surface area (Å²) < 4.78 is 5.59. The highest BCUT2D eigenvalue weighted by molar-refractivity contribution is 14.0. The molecule has 2 heterocycles. The number of halogens is 1. The summed E-state index contributed by atoms with van der Waals surface area (Å²) in [5.41, 5.74) is 3.55. The number of para-hydroxylation sites is 2. The van der Waals surface area contributed by atoms with Gasteiger partial charge in [-0.15, -0.1) is 24.0 Å². The van der Waals surface area contributed by atoms with Gasteiger partial charge < -0.3 is 25.0 Å². The maximum absolute atomic E-state index is 10.1. The third kappa shape index (κ3) is 5.30. The molecule has 162 valence electrons. The van der Waals surface area contributed by atoms with E-state index in [2.05, 4.69) is 40.2 Å². The zero-order chi connectivity index (χ0) is 20.1. The largest absolute Gasteiger partial charge is 0.506 e. The first kappa shape index (κ1) is 22.5. The van der Waals surface area contributed by atoms with Crippen LogP contribution < -0.4 is 15.0 Å². The molecule has 2 aromatic rings. The van der Waals surface area contributed by atoms with Crippen LogP contribution in [0.5, 0.6) is 11.5 Å². The van der Waals surface area contributed by atoms with Crippen LogP contribution in [-0.4, -0.2) is 61.8 Å². The number of hydrogen-bond donors (Lipinski definition) is 2. The van der Waals surface area contributed by atoms with Gasteiger partial charge in [0.25, 0.3) is 0 Å². The van der Waals surface area contributed by atoms with E-state index in [1.165, 1.54) is 11.1 Å². The molecule has 0 aromatic heterocycles. The number of guanidine groups is 1. The number of fused-ring (bicyclic) bond motifs is 1. The SMILES string of the molecule is CCNC(=NCCc1ccc2c(c1)CCO2)N1CCN(c2ccccc2O)CC1.I. The van der Waals surface area contributed by atoms with Crippen LogP contribution in [0.3, 0.4) is 0 Å². The Morgan fingerprint density at radius 1 is 1.13 bits per heavy atom. The zero-order valence-corrected chi connectivity index (χ0v) is 19.8. The summed E-state index contributed by atoms with van der Waals surface area (Å²) in [5, 5.41) is 13.5. The van der Waals surface area contributed by atoms with Crippen molar-refractivity contribution in [2.24, 2.45) is 4.99 Å². The van der Waals surface area contributed by atoms with E-state index < -0.39 is 0 Å².